The van der Waals surface area contributed by atoms with Crippen molar-refractivity contribution >= 4 is 15.9 Å². The Morgan fingerprint density at radius 1 is 1.40 bits per heavy atom. The Kier molecular flexibility index (Phi) is 3.84. The summed E-state index contributed by atoms with van der Waals surface area (Å²) < 4.78 is 2.28. The van der Waals surface area contributed by atoms with Crippen LogP contribution in [0.2, 0.25) is 0 Å². The molecule has 1 fully saturated rings. The fraction of sp³-hybridized carbons (Fsp3) is 0.750. The maximum Gasteiger partial charge on any atom is 0.112 e. The molecule has 15 heavy (non-hydrogen) atoms. The Morgan fingerprint density at radius 3 is 3.00 bits per heavy atom. The predicted octanol–water partition coefficient (Wildman–Crippen LogP) is 3.71. The first-order valence-electron chi connectivity index (χ1n) is 5.98. The average Bonchev–Trinajstić information content (AvgIpc) is 2.61. The van der Waals surface area contributed by atoms with Crippen LogP contribution >= 0.6 is 15.9 Å². The van der Waals surface area contributed by atoms with E-state index >= 15 is 0 Å². The van der Waals surface area contributed by atoms with Crippen LogP contribution in [0.1, 0.15) is 50.8 Å². The fourth-order valence-electron chi connectivity index (χ4n) is 2.47. The average molecular weight is 271 g/mol. The van der Waals surface area contributed by atoms with E-state index in [9.17, 15) is 0 Å². The third-order valence-corrected chi connectivity index (χ3v) is 4.45. The monoisotopic (exact) mass is 270 g/mol. The molecule has 2 nitrogen and oxygen atoms in total. The van der Waals surface area contributed by atoms with Crippen LogP contribution in [0.5, 0.6) is 0 Å². The van der Waals surface area contributed by atoms with Gasteiger partial charge in [-0.3, -0.25) is 0 Å². The van der Waals surface area contributed by atoms with Gasteiger partial charge in [0.1, 0.15) is 5.82 Å². The number of halogens is 1. The van der Waals surface area contributed by atoms with E-state index in [1.807, 2.05) is 6.20 Å². The molecule has 0 N–H and O–H groups in total. The summed E-state index contributed by atoms with van der Waals surface area (Å²) in [5.41, 5.74) is 0. The van der Waals surface area contributed by atoms with Crippen LogP contribution in [0.15, 0.2) is 12.4 Å². The standard InChI is InChI=1S/C12H19BrN2/c1-2-15-9-8-14-12(15)10-6-4-3-5-7-11(10)13/h8-11H,2-7H2,1H3. The molecule has 0 aromatic carbocycles. The van der Waals surface area contributed by atoms with Gasteiger partial charge in [0.15, 0.2) is 0 Å². The zero-order valence-corrected chi connectivity index (χ0v) is 10.9. The highest BCUT2D eigenvalue weighted by Crippen LogP contribution is 2.35. The highest BCUT2D eigenvalue weighted by Gasteiger charge is 2.25. The first-order chi connectivity index (χ1) is 7.33. The van der Waals surface area contributed by atoms with Crippen molar-refractivity contribution in [1.82, 2.24) is 9.55 Å². The Bertz CT molecular complexity index is 308. The van der Waals surface area contributed by atoms with E-state index in [2.05, 4.69) is 38.6 Å². The van der Waals surface area contributed by atoms with Crippen molar-refractivity contribution in [3.63, 3.8) is 0 Å². The van der Waals surface area contributed by atoms with Crippen molar-refractivity contribution < 1.29 is 0 Å². The van der Waals surface area contributed by atoms with Crippen molar-refractivity contribution in [3.8, 4) is 0 Å². The third-order valence-electron chi connectivity index (χ3n) is 3.35. The van der Waals surface area contributed by atoms with Gasteiger partial charge >= 0.3 is 0 Å². The number of alkyl halides is 1. The topological polar surface area (TPSA) is 17.8 Å². The number of nitrogens with zero attached hydrogens (tertiary/aromatic N) is 2. The van der Waals surface area contributed by atoms with Crippen LogP contribution in [0.4, 0.5) is 0 Å². The van der Waals surface area contributed by atoms with Gasteiger partial charge in [-0.1, -0.05) is 35.2 Å². The summed E-state index contributed by atoms with van der Waals surface area (Å²) in [6.45, 7) is 3.22. The van der Waals surface area contributed by atoms with Gasteiger partial charge < -0.3 is 4.57 Å². The van der Waals surface area contributed by atoms with Gasteiger partial charge in [-0.05, 0) is 19.8 Å². The van der Waals surface area contributed by atoms with E-state index in [0.717, 1.165) is 6.54 Å². The van der Waals surface area contributed by atoms with E-state index in [-0.39, 0.29) is 0 Å². The molecule has 3 heteroatoms. The molecule has 0 amide bonds. The molecule has 1 aromatic heterocycles. The molecule has 0 saturated heterocycles. The molecule has 2 unspecified atom stereocenters. The zero-order chi connectivity index (χ0) is 10.7. The Balaban J connectivity index is 2.19. The lowest BCUT2D eigenvalue weighted by Gasteiger charge is -2.20. The molecule has 2 atom stereocenters. The number of imidazole rings is 1. The SMILES string of the molecule is CCn1ccnc1C1CCCCCC1Br. The van der Waals surface area contributed by atoms with Gasteiger partial charge in [-0.25, -0.2) is 4.98 Å². The van der Waals surface area contributed by atoms with Gasteiger partial charge in [0.25, 0.3) is 0 Å². The largest absolute Gasteiger partial charge is 0.335 e. The Labute approximate surface area is 100 Å². The van der Waals surface area contributed by atoms with Gasteiger partial charge in [-0.2, -0.15) is 0 Å². The molecule has 2 rings (SSSR count). The summed E-state index contributed by atoms with van der Waals surface area (Å²) in [7, 11) is 0. The Hall–Kier alpha value is -0.310. The molecule has 1 aromatic rings. The van der Waals surface area contributed by atoms with Crippen molar-refractivity contribution in [3.05, 3.63) is 18.2 Å². The second-order valence-corrected chi connectivity index (χ2v) is 5.51. The smallest absolute Gasteiger partial charge is 0.112 e. The minimum Gasteiger partial charge on any atom is -0.335 e. The highest BCUT2D eigenvalue weighted by molar-refractivity contribution is 9.09. The zero-order valence-electron chi connectivity index (χ0n) is 9.32. The van der Waals surface area contributed by atoms with Crippen LogP contribution in [0, 0.1) is 0 Å². The maximum absolute atomic E-state index is 4.54. The van der Waals surface area contributed by atoms with Gasteiger partial charge in [0.2, 0.25) is 0 Å². The molecule has 0 bridgehead atoms. The summed E-state index contributed by atoms with van der Waals surface area (Å²) in [5.74, 6) is 1.89. The highest BCUT2D eigenvalue weighted by atomic mass is 79.9. The van der Waals surface area contributed by atoms with Crippen LogP contribution < -0.4 is 0 Å². The second kappa shape index (κ2) is 5.15. The molecule has 1 aliphatic carbocycles. The van der Waals surface area contributed by atoms with Crippen molar-refractivity contribution in [2.24, 2.45) is 0 Å². The third kappa shape index (κ3) is 2.44. The van der Waals surface area contributed by atoms with Crippen molar-refractivity contribution in [2.45, 2.75) is 56.3 Å². The summed E-state index contributed by atoms with van der Waals surface area (Å²) in [6, 6.07) is 0. The first-order valence-corrected chi connectivity index (χ1v) is 6.89. The van der Waals surface area contributed by atoms with Crippen LogP contribution in [-0.2, 0) is 6.54 Å². The molecule has 1 saturated carbocycles. The number of hydrogen-bond acceptors (Lipinski definition) is 1. The van der Waals surface area contributed by atoms with E-state index in [4.69, 9.17) is 0 Å². The quantitative estimate of drug-likeness (QED) is 0.592. The molecule has 0 radical (unpaired) electrons. The van der Waals surface area contributed by atoms with Gasteiger partial charge in [0, 0.05) is 29.7 Å². The van der Waals surface area contributed by atoms with Crippen LogP contribution in [0.3, 0.4) is 0 Å². The van der Waals surface area contributed by atoms with Crippen molar-refractivity contribution in [1.29, 1.82) is 0 Å². The lowest BCUT2D eigenvalue weighted by molar-refractivity contribution is 0.542. The molecule has 0 aliphatic heterocycles. The normalized spacial score (nSPS) is 27.6. The molecule has 0 spiro atoms. The minimum absolute atomic E-state index is 0.613. The lowest BCUT2D eigenvalue weighted by Crippen LogP contribution is -2.16. The molecule has 1 aliphatic rings. The van der Waals surface area contributed by atoms with Gasteiger partial charge in [-0.15, -0.1) is 0 Å². The van der Waals surface area contributed by atoms with Crippen LogP contribution in [-0.4, -0.2) is 14.4 Å². The number of aromatic nitrogens is 2. The van der Waals surface area contributed by atoms with E-state index < -0.39 is 0 Å². The number of hydrogen-bond donors (Lipinski definition) is 0. The predicted molar refractivity (Wildman–Crippen MR) is 66.4 cm³/mol. The minimum atomic E-state index is 0.613. The molecular weight excluding hydrogens is 252 g/mol. The van der Waals surface area contributed by atoms with Crippen molar-refractivity contribution in [2.75, 3.05) is 0 Å². The van der Waals surface area contributed by atoms with E-state index in [0.29, 0.717) is 10.7 Å². The lowest BCUT2D eigenvalue weighted by atomic mass is 9.99. The van der Waals surface area contributed by atoms with E-state index in [1.165, 1.54) is 37.9 Å². The summed E-state index contributed by atoms with van der Waals surface area (Å²) in [6.07, 6.45) is 10.7. The fourth-order valence-corrected chi connectivity index (χ4v) is 3.29. The first kappa shape index (κ1) is 11.2. The summed E-state index contributed by atoms with van der Waals surface area (Å²) >= 11 is 3.84. The Morgan fingerprint density at radius 2 is 2.20 bits per heavy atom. The molecule has 1 heterocycles. The maximum atomic E-state index is 4.54. The number of aryl methyl sites for hydroxylation is 1. The summed E-state index contributed by atoms with van der Waals surface area (Å²) in [5, 5.41) is 0. The van der Waals surface area contributed by atoms with E-state index in [1.54, 1.807) is 0 Å². The number of rotatable bonds is 2. The summed E-state index contributed by atoms with van der Waals surface area (Å²) in [4.78, 5) is 5.15. The molecular formula is C12H19BrN2. The van der Waals surface area contributed by atoms with Gasteiger partial charge in [0.05, 0.1) is 0 Å². The van der Waals surface area contributed by atoms with Crippen LogP contribution in [0.25, 0.3) is 0 Å². The second-order valence-electron chi connectivity index (χ2n) is 4.33. The molecule has 84 valence electrons.